The molecule has 6 heteroatoms. The number of benzene rings is 1. The molecule has 0 amide bonds. The summed E-state index contributed by atoms with van der Waals surface area (Å²) in [7, 11) is -3.41. The van der Waals surface area contributed by atoms with Crippen LogP contribution in [0.3, 0.4) is 0 Å². The number of nitrogens with one attached hydrogen (secondary N) is 1. The zero-order chi connectivity index (χ0) is 17.3. The third-order valence-corrected chi connectivity index (χ3v) is 6.12. The molecule has 0 saturated carbocycles. The molecule has 5 nitrogen and oxygen atoms in total. The van der Waals surface area contributed by atoms with Gasteiger partial charge in [0, 0.05) is 36.8 Å². The fraction of sp³-hybridized carbons (Fsp3) is 0.500. The summed E-state index contributed by atoms with van der Waals surface area (Å²) in [6.45, 7) is 8.10. The Morgan fingerprint density at radius 1 is 1.25 bits per heavy atom. The van der Waals surface area contributed by atoms with Gasteiger partial charge in [-0.3, -0.25) is 9.88 Å². The Kier molecular flexibility index (Phi) is 4.90. The lowest BCUT2D eigenvalue weighted by atomic mass is 10.1. The number of aromatic nitrogens is 1. The number of fused-ring (bicyclic) bond motifs is 1. The maximum atomic E-state index is 12.7. The number of para-hydroxylation sites is 1. The molecule has 2 aromatic rings. The molecule has 3 rings (SSSR count). The largest absolute Gasteiger partial charge is 0.299 e. The van der Waals surface area contributed by atoms with E-state index in [-0.39, 0.29) is 11.8 Å². The van der Waals surface area contributed by atoms with Gasteiger partial charge in [0.2, 0.25) is 10.0 Å². The first-order valence-electron chi connectivity index (χ1n) is 8.42. The number of likely N-dealkylation sites (tertiary alicyclic amines) is 1. The van der Waals surface area contributed by atoms with Crippen LogP contribution >= 0.6 is 0 Å². The van der Waals surface area contributed by atoms with E-state index in [1.165, 1.54) is 0 Å². The minimum Gasteiger partial charge on any atom is -0.299 e. The average Bonchev–Trinajstić information content (AvgIpc) is 2.88. The van der Waals surface area contributed by atoms with Crippen LogP contribution in [0, 0.1) is 5.92 Å². The second-order valence-electron chi connectivity index (χ2n) is 7.00. The molecule has 0 unspecified atom stereocenters. The molecule has 24 heavy (non-hydrogen) atoms. The van der Waals surface area contributed by atoms with Crippen LogP contribution in [0.2, 0.25) is 0 Å². The summed E-state index contributed by atoms with van der Waals surface area (Å²) < 4.78 is 28.2. The number of pyridine rings is 1. The standard InChI is InChI=1S/C18H25N3O2S/c1-13(2)21-10-14(3)17(11-21)20-24(22,23)12-16-7-4-6-15-8-5-9-19-18(15)16/h4-9,13-14,17,20H,10-12H2,1-3H3/t14-,17-/m1/s1. The fourth-order valence-corrected chi connectivity index (χ4v) is 4.83. The number of hydrogen-bond donors (Lipinski definition) is 1. The first kappa shape index (κ1) is 17.3. The molecular weight excluding hydrogens is 322 g/mol. The quantitative estimate of drug-likeness (QED) is 0.902. The molecule has 0 bridgehead atoms. The van der Waals surface area contributed by atoms with Crippen molar-refractivity contribution in [1.82, 2.24) is 14.6 Å². The maximum Gasteiger partial charge on any atom is 0.216 e. The van der Waals surface area contributed by atoms with Gasteiger partial charge in [0.15, 0.2) is 0 Å². The van der Waals surface area contributed by atoms with Crippen LogP contribution in [0.5, 0.6) is 0 Å². The van der Waals surface area contributed by atoms with Crippen molar-refractivity contribution in [2.45, 2.75) is 38.6 Å². The number of sulfonamides is 1. The van der Waals surface area contributed by atoms with E-state index in [1.807, 2.05) is 30.3 Å². The highest BCUT2D eigenvalue weighted by molar-refractivity contribution is 7.88. The average molecular weight is 347 g/mol. The summed E-state index contributed by atoms with van der Waals surface area (Å²) in [5.74, 6) is 0.277. The van der Waals surface area contributed by atoms with Gasteiger partial charge >= 0.3 is 0 Å². The Bertz CT molecular complexity index is 815. The van der Waals surface area contributed by atoms with Crippen LogP contribution in [-0.4, -0.2) is 43.5 Å². The molecule has 0 spiro atoms. The highest BCUT2D eigenvalue weighted by Gasteiger charge is 2.33. The van der Waals surface area contributed by atoms with Gasteiger partial charge in [-0.2, -0.15) is 0 Å². The zero-order valence-corrected chi connectivity index (χ0v) is 15.3. The summed E-state index contributed by atoms with van der Waals surface area (Å²) in [4.78, 5) is 6.66. The second-order valence-corrected chi connectivity index (χ2v) is 8.75. The van der Waals surface area contributed by atoms with E-state index >= 15 is 0 Å². The van der Waals surface area contributed by atoms with Gasteiger partial charge in [-0.15, -0.1) is 0 Å². The molecule has 1 aromatic carbocycles. The van der Waals surface area contributed by atoms with Gasteiger partial charge < -0.3 is 0 Å². The van der Waals surface area contributed by atoms with Gasteiger partial charge in [-0.1, -0.05) is 31.2 Å². The Balaban J connectivity index is 1.77. The number of nitrogens with zero attached hydrogens (tertiary/aromatic N) is 2. The summed E-state index contributed by atoms with van der Waals surface area (Å²) in [6, 6.07) is 9.89. The maximum absolute atomic E-state index is 12.7. The monoisotopic (exact) mass is 347 g/mol. The van der Waals surface area contributed by atoms with Crippen molar-refractivity contribution in [2.75, 3.05) is 13.1 Å². The third-order valence-electron chi connectivity index (χ3n) is 4.76. The molecule has 2 atom stereocenters. The smallest absolute Gasteiger partial charge is 0.216 e. The van der Waals surface area contributed by atoms with Crippen LogP contribution in [0.15, 0.2) is 36.5 Å². The summed E-state index contributed by atoms with van der Waals surface area (Å²) in [5, 5.41) is 0.963. The van der Waals surface area contributed by atoms with Crippen molar-refractivity contribution in [1.29, 1.82) is 0 Å². The van der Waals surface area contributed by atoms with Crippen LogP contribution in [0.1, 0.15) is 26.3 Å². The SMILES string of the molecule is CC(C)N1C[C@@H](C)[C@H](NS(=O)(=O)Cc2cccc3cccnc23)C1. The van der Waals surface area contributed by atoms with Crippen molar-refractivity contribution >= 4 is 20.9 Å². The lowest BCUT2D eigenvalue weighted by molar-refractivity contribution is 0.265. The number of hydrogen-bond acceptors (Lipinski definition) is 4. The van der Waals surface area contributed by atoms with Crippen molar-refractivity contribution < 1.29 is 8.42 Å². The molecular formula is C18H25N3O2S. The highest BCUT2D eigenvalue weighted by atomic mass is 32.2. The van der Waals surface area contributed by atoms with E-state index in [2.05, 4.69) is 35.4 Å². The highest BCUT2D eigenvalue weighted by Crippen LogP contribution is 2.21. The summed E-state index contributed by atoms with van der Waals surface area (Å²) >= 11 is 0. The van der Waals surface area contributed by atoms with Crippen molar-refractivity contribution in [3.05, 3.63) is 42.1 Å². The third kappa shape index (κ3) is 3.77. The van der Waals surface area contributed by atoms with Crippen LogP contribution < -0.4 is 4.72 Å². The molecule has 2 heterocycles. The van der Waals surface area contributed by atoms with E-state index in [0.29, 0.717) is 12.0 Å². The topological polar surface area (TPSA) is 62.3 Å². The first-order valence-corrected chi connectivity index (χ1v) is 10.1. The summed E-state index contributed by atoms with van der Waals surface area (Å²) in [5.41, 5.74) is 1.50. The Hall–Kier alpha value is -1.50. The molecule has 1 N–H and O–H groups in total. The second kappa shape index (κ2) is 6.78. The van der Waals surface area contributed by atoms with Gasteiger partial charge in [0.25, 0.3) is 0 Å². The van der Waals surface area contributed by atoms with E-state index in [0.717, 1.165) is 29.6 Å². The molecule has 1 aliphatic heterocycles. The van der Waals surface area contributed by atoms with E-state index in [1.54, 1.807) is 6.20 Å². The number of rotatable bonds is 5. The lowest BCUT2D eigenvalue weighted by Crippen LogP contribution is -2.41. The molecule has 0 aliphatic carbocycles. The minimum atomic E-state index is -3.41. The molecule has 1 fully saturated rings. The molecule has 130 valence electrons. The first-order chi connectivity index (χ1) is 11.4. The molecule has 1 aromatic heterocycles. The fourth-order valence-electron chi connectivity index (χ4n) is 3.34. The van der Waals surface area contributed by atoms with Gasteiger partial charge in [0.05, 0.1) is 11.3 Å². The molecule has 1 aliphatic rings. The predicted molar refractivity (Wildman–Crippen MR) is 97.2 cm³/mol. The summed E-state index contributed by atoms with van der Waals surface area (Å²) in [6.07, 6.45) is 1.70. The predicted octanol–water partition coefficient (Wildman–Crippen LogP) is 2.38. The molecule has 1 saturated heterocycles. The van der Waals surface area contributed by atoms with Crippen molar-refractivity contribution in [3.8, 4) is 0 Å². The minimum absolute atomic E-state index is 0.0275. The zero-order valence-electron chi connectivity index (χ0n) is 14.4. The van der Waals surface area contributed by atoms with E-state index < -0.39 is 10.0 Å². The van der Waals surface area contributed by atoms with Gasteiger partial charge in [-0.05, 0) is 31.4 Å². The lowest BCUT2D eigenvalue weighted by Gasteiger charge is -2.20. The Morgan fingerprint density at radius 2 is 2.00 bits per heavy atom. The Labute approximate surface area is 144 Å². The van der Waals surface area contributed by atoms with Gasteiger partial charge in [0.1, 0.15) is 0 Å². The Morgan fingerprint density at radius 3 is 2.71 bits per heavy atom. The van der Waals surface area contributed by atoms with Crippen molar-refractivity contribution in [2.24, 2.45) is 5.92 Å². The van der Waals surface area contributed by atoms with Crippen molar-refractivity contribution in [3.63, 3.8) is 0 Å². The van der Waals surface area contributed by atoms with Crippen LogP contribution in [-0.2, 0) is 15.8 Å². The van der Waals surface area contributed by atoms with E-state index in [9.17, 15) is 8.42 Å². The molecule has 0 radical (unpaired) electrons. The van der Waals surface area contributed by atoms with Gasteiger partial charge in [-0.25, -0.2) is 13.1 Å². The van der Waals surface area contributed by atoms with Crippen LogP contribution in [0.4, 0.5) is 0 Å². The normalized spacial score (nSPS) is 22.5. The van der Waals surface area contributed by atoms with Crippen LogP contribution in [0.25, 0.3) is 10.9 Å². The van der Waals surface area contributed by atoms with E-state index in [4.69, 9.17) is 0 Å².